The van der Waals surface area contributed by atoms with Crippen LogP contribution in [-0.2, 0) is 0 Å². The van der Waals surface area contributed by atoms with E-state index in [1.807, 2.05) is 0 Å². The van der Waals surface area contributed by atoms with E-state index in [-0.39, 0.29) is 5.66 Å². The molecule has 0 amide bonds. The van der Waals surface area contributed by atoms with Crippen LogP contribution in [-0.4, -0.2) is 29.2 Å². The molecule has 2 heteroatoms. The van der Waals surface area contributed by atoms with E-state index < -0.39 is 0 Å². The van der Waals surface area contributed by atoms with Gasteiger partial charge in [-0.25, -0.2) is 0 Å². The molecule has 2 rings (SSSR count). The Morgan fingerprint density at radius 2 is 1.83 bits per heavy atom. The zero-order valence-electron chi connectivity index (χ0n) is 13.4. The molecule has 2 saturated carbocycles. The van der Waals surface area contributed by atoms with Crippen LogP contribution in [0.15, 0.2) is 0 Å². The maximum absolute atomic E-state index is 3.96. The zero-order chi connectivity index (χ0) is 13.7. The first-order chi connectivity index (χ1) is 8.28. The molecule has 4 unspecified atom stereocenters. The third-order valence-corrected chi connectivity index (χ3v) is 5.61. The Morgan fingerprint density at radius 3 is 2.11 bits per heavy atom. The van der Waals surface area contributed by atoms with Crippen LogP contribution in [0, 0.1) is 17.3 Å². The molecule has 2 aliphatic rings. The molecule has 18 heavy (non-hydrogen) atoms. The second-order valence-electron chi connectivity index (χ2n) is 7.47. The highest BCUT2D eigenvalue weighted by molar-refractivity contribution is 5.21. The fourth-order valence-electron chi connectivity index (χ4n) is 4.65. The van der Waals surface area contributed by atoms with Crippen LogP contribution in [0.5, 0.6) is 0 Å². The second kappa shape index (κ2) is 4.49. The summed E-state index contributed by atoms with van der Waals surface area (Å²) in [5, 5.41) is 3.96. The Bertz CT molecular complexity index is 308. The van der Waals surface area contributed by atoms with Crippen LogP contribution in [0.2, 0.25) is 0 Å². The van der Waals surface area contributed by atoms with Gasteiger partial charge < -0.3 is 0 Å². The van der Waals surface area contributed by atoms with Crippen molar-refractivity contribution in [3.8, 4) is 0 Å². The van der Waals surface area contributed by atoms with Crippen molar-refractivity contribution >= 4 is 0 Å². The highest BCUT2D eigenvalue weighted by Crippen LogP contribution is 2.70. The number of fused-ring (bicyclic) bond motifs is 1. The minimum Gasteiger partial charge on any atom is -0.297 e. The van der Waals surface area contributed by atoms with Crippen LogP contribution in [0.25, 0.3) is 0 Å². The monoisotopic (exact) mass is 252 g/mol. The molecule has 0 spiro atoms. The van der Waals surface area contributed by atoms with Gasteiger partial charge in [0, 0.05) is 12.1 Å². The largest absolute Gasteiger partial charge is 0.297 e. The molecule has 1 N–H and O–H groups in total. The Morgan fingerprint density at radius 1 is 1.22 bits per heavy atom. The van der Waals surface area contributed by atoms with Crippen LogP contribution < -0.4 is 5.32 Å². The van der Waals surface area contributed by atoms with Crippen LogP contribution in [0.4, 0.5) is 0 Å². The van der Waals surface area contributed by atoms with Gasteiger partial charge in [-0.1, -0.05) is 20.8 Å². The summed E-state index contributed by atoms with van der Waals surface area (Å²) in [6.07, 6.45) is 2.73. The van der Waals surface area contributed by atoms with E-state index in [2.05, 4.69) is 58.7 Å². The molecule has 2 fully saturated rings. The summed E-state index contributed by atoms with van der Waals surface area (Å²) in [5.41, 5.74) is 0.857. The Kier molecular flexibility index (Phi) is 3.57. The Labute approximate surface area is 114 Å². The fraction of sp³-hybridized carbons (Fsp3) is 1.00. The summed E-state index contributed by atoms with van der Waals surface area (Å²) in [7, 11) is 0. The van der Waals surface area contributed by atoms with E-state index in [1.54, 1.807) is 0 Å². The number of rotatable bonds is 5. The third kappa shape index (κ3) is 1.92. The maximum atomic E-state index is 3.96. The normalized spacial score (nSPS) is 43.0. The predicted octanol–water partition coefficient (Wildman–Crippen LogP) is 3.48. The van der Waals surface area contributed by atoms with E-state index in [1.165, 1.54) is 12.8 Å². The number of nitrogens with zero attached hydrogens (tertiary/aromatic N) is 1. The van der Waals surface area contributed by atoms with Crippen molar-refractivity contribution < 1.29 is 0 Å². The lowest BCUT2D eigenvalue weighted by Gasteiger charge is -2.47. The van der Waals surface area contributed by atoms with E-state index in [0.717, 1.165) is 18.4 Å². The van der Waals surface area contributed by atoms with Gasteiger partial charge in [-0.15, -0.1) is 0 Å². The molecule has 2 nitrogen and oxygen atoms in total. The van der Waals surface area contributed by atoms with Gasteiger partial charge in [-0.2, -0.15) is 0 Å². The van der Waals surface area contributed by atoms with Crippen LogP contribution >= 0.6 is 0 Å². The Hall–Kier alpha value is -0.0800. The molecule has 0 aromatic heterocycles. The van der Waals surface area contributed by atoms with Gasteiger partial charge in [0.1, 0.15) is 0 Å². The molecule has 0 aromatic rings. The highest BCUT2D eigenvalue weighted by atomic mass is 15.4. The van der Waals surface area contributed by atoms with Crippen LogP contribution in [0.3, 0.4) is 0 Å². The molecule has 0 bridgehead atoms. The van der Waals surface area contributed by atoms with Crippen molar-refractivity contribution in [2.24, 2.45) is 17.3 Å². The van der Waals surface area contributed by atoms with Gasteiger partial charge in [-0.05, 0) is 64.3 Å². The quantitative estimate of drug-likeness (QED) is 0.754. The lowest BCUT2D eigenvalue weighted by atomic mass is 9.92. The van der Waals surface area contributed by atoms with Crippen molar-refractivity contribution in [2.45, 2.75) is 79.1 Å². The summed E-state index contributed by atoms with van der Waals surface area (Å²) in [5.74, 6) is 1.70. The van der Waals surface area contributed by atoms with Gasteiger partial charge >= 0.3 is 0 Å². The molecular formula is C16H32N2. The van der Waals surface area contributed by atoms with E-state index >= 15 is 0 Å². The lowest BCUT2D eigenvalue weighted by molar-refractivity contribution is 0.00636. The molecule has 0 heterocycles. The van der Waals surface area contributed by atoms with Crippen molar-refractivity contribution in [1.82, 2.24) is 10.2 Å². The summed E-state index contributed by atoms with van der Waals surface area (Å²) in [6.45, 7) is 17.7. The average molecular weight is 252 g/mol. The first-order valence-corrected chi connectivity index (χ1v) is 7.82. The predicted molar refractivity (Wildman–Crippen MR) is 78.5 cm³/mol. The number of hydrogen-bond acceptors (Lipinski definition) is 2. The van der Waals surface area contributed by atoms with E-state index in [0.29, 0.717) is 17.5 Å². The van der Waals surface area contributed by atoms with Crippen molar-refractivity contribution in [3.63, 3.8) is 0 Å². The molecule has 2 aliphatic carbocycles. The highest BCUT2D eigenvalue weighted by Gasteiger charge is 2.70. The number of nitrogens with one attached hydrogen (secondary N) is 1. The molecule has 4 atom stereocenters. The molecule has 106 valence electrons. The minimum absolute atomic E-state index is 0.255. The first kappa shape index (κ1) is 14.3. The van der Waals surface area contributed by atoms with Gasteiger partial charge in [0.15, 0.2) is 0 Å². The topological polar surface area (TPSA) is 15.3 Å². The second-order valence-corrected chi connectivity index (χ2v) is 7.47. The molecule has 0 radical (unpaired) electrons. The van der Waals surface area contributed by atoms with E-state index in [9.17, 15) is 0 Å². The molecular weight excluding hydrogens is 220 g/mol. The molecule has 0 aromatic carbocycles. The summed E-state index contributed by atoms with van der Waals surface area (Å²) < 4.78 is 0. The number of hydrogen-bond donors (Lipinski definition) is 1. The smallest absolute Gasteiger partial charge is 0.0753 e. The minimum atomic E-state index is 0.255. The molecule has 0 saturated heterocycles. The maximum Gasteiger partial charge on any atom is 0.0753 e. The van der Waals surface area contributed by atoms with Gasteiger partial charge in [0.25, 0.3) is 0 Å². The lowest BCUT2D eigenvalue weighted by Crippen LogP contribution is -2.63. The summed E-state index contributed by atoms with van der Waals surface area (Å²) >= 11 is 0. The summed E-state index contributed by atoms with van der Waals surface area (Å²) in [4.78, 5) is 2.71. The van der Waals surface area contributed by atoms with Gasteiger partial charge in [0.2, 0.25) is 0 Å². The average Bonchev–Trinajstić information content (AvgIpc) is 2.86. The van der Waals surface area contributed by atoms with Crippen molar-refractivity contribution in [3.05, 3.63) is 0 Å². The fourth-order valence-corrected chi connectivity index (χ4v) is 4.65. The van der Waals surface area contributed by atoms with Crippen molar-refractivity contribution in [2.75, 3.05) is 6.54 Å². The van der Waals surface area contributed by atoms with Crippen LogP contribution in [0.1, 0.15) is 61.3 Å². The van der Waals surface area contributed by atoms with E-state index in [4.69, 9.17) is 0 Å². The molecule has 0 aliphatic heterocycles. The van der Waals surface area contributed by atoms with Gasteiger partial charge in [0.05, 0.1) is 5.66 Å². The van der Waals surface area contributed by atoms with Gasteiger partial charge in [-0.3, -0.25) is 10.2 Å². The zero-order valence-corrected chi connectivity index (χ0v) is 13.4. The Balaban J connectivity index is 2.31. The summed E-state index contributed by atoms with van der Waals surface area (Å²) in [6, 6.07) is 1.18. The standard InChI is InChI=1S/C16H32N2/c1-8-18(12(4)5)16(17-11(2)3)9-13(6)15(7)10-14(15)16/h11-14,17H,8-10H2,1-7H3. The third-order valence-electron chi connectivity index (χ3n) is 5.61. The first-order valence-electron chi connectivity index (χ1n) is 7.82. The van der Waals surface area contributed by atoms with Crippen molar-refractivity contribution in [1.29, 1.82) is 0 Å². The SMILES string of the molecule is CCN(C(C)C)C1(NC(C)C)CC(C)C2(C)CC21.